The van der Waals surface area contributed by atoms with Gasteiger partial charge in [-0.3, -0.25) is 0 Å². The third-order valence-electron chi connectivity index (χ3n) is 2.50. The van der Waals surface area contributed by atoms with Crippen LogP contribution in [0, 0.1) is 5.92 Å². The molecule has 1 rings (SSSR count). The highest BCUT2D eigenvalue weighted by Gasteiger charge is 2.11. The van der Waals surface area contributed by atoms with Crippen LogP contribution < -0.4 is 5.32 Å². The summed E-state index contributed by atoms with van der Waals surface area (Å²) in [5, 5.41) is 3.51. The Labute approximate surface area is 104 Å². The highest BCUT2D eigenvalue weighted by Crippen LogP contribution is 2.13. The molecule has 1 N–H and O–H groups in total. The van der Waals surface area contributed by atoms with Crippen molar-refractivity contribution in [3.63, 3.8) is 0 Å². The summed E-state index contributed by atoms with van der Waals surface area (Å²) < 4.78 is 0. The fraction of sp³-hybridized carbons (Fsp3) is 0.571. The fourth-order valence-electron chi connectivity index (χ4n) is 1.37. The maximum atomic E-state index is 4.23. The zero-order chi connectivity index (χ0) is 12.9. The average molecular weight is 233 g/mol. The van der Waals surface area contributed by atoms with Crippen molar-refractivity contribution in [3.8, 4) is 0 Å². The van der Waals surface area contributed by atoms with E-state index in [0.717, 1.165) is 12.2 Å². The zero-order valence-corrected chi connectivity index (χ0v) is 11.5. The summed E-state index contributed by atoms with van der Waals surface area (Å²) in [6.07, 6.45) is 5.50. The molecule has 0 saturated carbocycles. The van der Waals surface area contributed by atoms with Gasteiger partial charge in [0, 0.05) is 18.3 Å². The van der Waals surface area contributed by atoms with E-state index in [-0.39, 0.29) is 5.54 Å². The molecule has 3 nitrogen and oxygen atoms in total. The molecule has 0 saturated heterocycles. The largest absolute Gasteiger partial charge is 0.308 e. The van der Waals surface area contributed by atoms with Crippen molar-refractivity contribution in [2.24, 2.45) is 5.92 Å². The first-order valence-corrected chi connectivity index (χ1v) is 6.10. The summed E-state index contributed by atoms with van der Waals surface area (Å²) in [6, 6.07) is 1.93. The number of nitrogens with zero attached hydrogens (tertiary/aromatic N) is 2. The molecular weight excluding hydrogens is 210 g/mol. The molecule has 0 aliphatic rings. The van der Waals surface area contributed by atoms with Crippen molar-refractivity contribution in [3.05, 3.63) is 29.9 Å². The van der Waals surface area contributed by atoms with Gasteiger partial charge in [-0.05, 0) is 38.8 Å². The van der Waals surface area contributed by atoms with Crippen LogP contribution in [0.15, 0.2) is 24.2 Å². The van der Waals surface area contributed by atoms with Crippen LogP contribution in [0.4, 0.5) is 0 Å². The van der Waals surface area contributed by atoms with Crippen LogP contribution in [0.3, 0.4) is 0 Å². The van der Waals surface area contributed by atoms with E-state index >= 15 is 0 Å². The van der Waals surface area contributed by atoms with Crippen molar-refractivity contribution in [1.29, 1.82) is 0 Å². The SMILES string of the molecule is CC(C)C(=Cc1ccncn1)CNC(C)(C)C. The van der Waals surface area contributed by atoms with Crippen LogP contribution in [0.2, 0.25) is 0 Å². The number of rotatable bonds is 4. The molecule has 3 heteroatoms. The predicted octanol–water partition coefficient (Wildman–Crippen LogP) is 2.90. The lowest BCUT2D eigenvalue weighted by Crippen LogP contribution is -2.37. The molecule has 1 heterocycles. The Bertz CT molecular complexity index is 361. The normalized spacial score (nSPS) is 13.2. The number of aromatic nitrogens is 2. The molecule has 0 aromatic carbocycles. The van der Waals surface area contributed by atoms with E-state index in [2.05, 4.69) is 56.0 Å². The van der Waals surface area contributed by atoms with E-state index in [1.165, 1.54) is 5.57 Å². The van der Waals surface area contributed by atoms with Gasteiger partial charge in [0.15, 0.2) is 0 Å². The maximum Gasteiger partial charge on any atom is 0.115 e. The summed E-state index contributed by atoms with van der Waals surface area (Å²) in [7, 11) is 0. The number of nitrogens with one attached hydrogen (secondary N) is 1. The lowest BCUT2D eigenvalue weighted by atomic mass is 10.00. The Morgan fingerprint density at radius 1 is 1.41 bits per heavy atom. The minimum Gasteiger partial charge on any atom is -0.308 e. The summed E-state index contributed by atoms with van der Waals surface area (Å²) in [6.45, 7) is 11.8. The summed E-state index contributed by atoms with van der Waals surface area (Å²) in [5.41, 5.74) is 2.47. The van der Waals surface area contributed by atoms with Gasteiger partial charge in [-0.1, -0.05) is 19.4 Å². The molecule has 94 valence electrons. The van der Waals surface area contributed by atoms with Gasteiger partial charge in [0.05, 0.1) is 5.69 Å². The molecule has 0 aliphatic heterocycles. The Morgan fingerprint density at radius 2 is 2.12 bits per heavy atom. The Hall–Kier alpha value is -1.22. The van der Waals surface area contributed by atoms with Crippen LogP contribution in [0.25, 0.3) is 6.08 Å². The standard InChI is InChI=1S/C14H23N3/c1-11(2)12(9-17-14(3,4)5)8-13-6-7-15-10-16-13/h6-8,10-11,17H,9H2,1-5H3. The molecule has 0 unspecified atom stereocenters. The zero-order valence-electron chi connectivity index (χ0n) is 11.5. The second-order valence-electron chi connectivity index (χ2n) is 5.61. The lowest BCUT2D eigenvalue weighted by molar-refractivity contribution is 0.437. The van der Waals surface area contributed by atoms with Gasteiger partial charge in [0.25, 0.3) is 0 Å². The van der Waals surface area contributed by atoms with E-state index in [0.29, 0.717) is 5.92 Å². The molecule has 17 heavy (non-hydrogen) atoms. The molecule has 1 aromatic rings. The van der Waals surface area contributed by atoms with Crippen LogP contribution in [-0.2, 0) is 0 Å². The van der Waals surface area contributed by atoms with Gasteiger partial charge in [0.2, 0.25) is 0 Å². The smallest absolute Gasteiger partial charge is 0.115 e. The van der Waals surface area contributed by atoms with E-state index in [1.807, 2.05) is 6.07 Å². The quantitative estimate of drug-likeness (QED) is 0.869. The average Bonchev–Trinajstić information content (AvgIpc) is 2.24. The molecule has 0 fully saturated rings. The van der Waals surface area contributed by atoms with Crippen molar-refractivity contribution >= 4 is 6.08 Å². The van der Waals surface area contributed by atoms with Crippen molar-refractivity contribution in [2.75, 3.05) is 6.54 Å². The Kier molecular flexibility index (Phi) is 4.82. The number of hydrogen-bond acceptors (Lipinski definition) is 3. The lowest BCUT2D eigenvalue weighted by Gasteiger charge is -2.23. The highest BCUT2D eigenvalue weighted by molar-refractivity contribution is 5.49. The van der Waals surface area contributed by atoms with E-state index in [9.17, 15) is 0 Å². The van der Waals surface area contributed by atoms with E-state index in [1.54, 1.807) is 12.5 Å². The molecule has 0 spiro atoms. The molecule has 0 radical (unpaired) electrons. The first kappa shape index (κ1) is 13.8. The molecular formula is C14H23N3. The Balaban J connectivity index is 2.76. The van der Waals surface area contributed by atoms with Crippen LogP contribution in [0.1, 0.15) is 40.3 Å². The molecule has 0 amide bonds. The second kappa shape index (κ2) is 5.92. The fourth-order valence-corrected chi connectivity index (χ4v) is 1.37. The molecule has 1 aromatic heterocycles. The minimum atomic E-state index is 0.139. The molecule has 0 bridgehead atoms. The maximum absolute atomic E-state index is 4.23. The van der Waals surface area contributed by atoms with Gasteiger partial charge in [-0.15, -0.1) is 0 Å². The predicted molar refractivity (Wildman–Crippen MR) is 72.6 cm³/mol. The second-order valence-corrected chi connectivity index (χ2v) is 5.61. The number of hydrogen-bond donors (Lipinski definition) is 1. The van der Waals surface area contributed by atoms with Crippen molar-refractivity contribution in [2.45, 2.75) is 40.2 Å². The Morgan fingerprint density at radius 3 is 2.59 bits per heavy atom. The first-order valence-electron chi connectivity index (χ1n) is 6.10. The van der Waals surface area contributed by atoms with Crippen LogP contribution in [0.5, 0.6) is 0 Å². The minimum absolute atomic E-state index is 0.139. The monoisotopic (exact) mass is 233 g/mol. The summed E-state index contributed by atoms with van der Waals surface area (Å²) >= 11 is 0. The highest BCUT2D eigenvalue weighted by atomic mass is 14.9. The van der Waals surface area contributed by atoms with E-state index < -0.39 is 0 Å². The van der Waals surface area contributed by atoms with Gasteiger partial charge in [-0.2, -0.15) is 0 Å². The van der Waals surface area contributed by atoms with Gasteiger partial charge in [-0.25, -0.2) is 9.97 Å². The van der Waals surface area contributed by atoms with Crippen molar-refractivity contribution in [1.82, 2.24) is 15.3 Å². The van der Waals surface area contributed by atoms with Gasteiger partial charge >= 0.3 is 0 Å². The molecule has 0 aliphatic carbocycles. The van der Waals surface area contributed by atoms with Gasteiger partial charge in [0.1, 0.15) is 6.33 Å². The third-order valence-corrected chi connectivity index (χ3v) is 2.50. The molecule has 0 atom stereocenters. The van der Waals surface area contributed by atoms with Crippen LogP contribution >= 0.6 is 0 Å². The summed E-state index contributed by atoms with van der Waals surface area (Å²) in [5.74, 6) is 0.514. The summed E-state index contributed by atoms with van der Waals surface area (Å²) in [4.78, 5) is 8.16. The van der Waals surface area contributed by atoms with Gasteiger partial charge < -0.3 is 5.32 Å². The first-order chi connectivity index (χ1) is 7.88. The third kappa shape index (κ3) is 5.59. The van der Waals surface area contributed by atoms with Crippen LogP contribution in [-0.4, -0.2) is 22.1 Å². The topological polar surface area (TPSA) is 37.8 Å². The van der Waals surface area contributed by atoms with Crippen molar-refractivity contribution < 1.29 is 0 Å². The van der Waals surface area contributed by atoms with E-state index in [4.69, 9.17) is 0 Å².